The molecule has 0 aromatic carbocycles. The van der Waals surface area contributed by atoms with Crippen LogP contribution in [0.5, 0.6) is 0 Å². The largest absolute Gasteiger partial charge is 0.465 e. The van der Waals surface area contributed by atoms with Crippen LogP contribution in [0.25, 0.3) is 0 Å². The number of aryl methyl sites for hydroxylation is 2. The second kappa shape index (κ2) is 7.03. The Labute approximate surface area is 126 Å². The molecule has 0 unspecified atom stereocenters. The van der Waals surface area contributed by atoms with E-state index in [0.29, 0.717) is 29.3 Å². The van der Waals surface area contributed by atoms with Crippen LogP contribution in [0.1, 0.15) is 28.1 Å². The van der Waals surface area contributed by atoms with Gasteiger partial charge in [-0.15, -0.1) is 11.3 Å². The number of nitrogens with zero attached hydrogens (tertiary/aromatic N) is 2. The third-order valence-electron chi connectivity index (χ3n) is 2.90. The van der Waals surface area contributed by atoms with E-state index >= 15 is 0 Å². The molecule has 0 saturated carbocycles. The van der Waals surface area contributed by atoms with Crippen molar-refractivity contribution in [1.29, 1.82) is 0 Å². The molecular formula is C14H17N3O3S. The number of aromatic nitrogens is 2. The highest BCUT2D eigenvalue weighted by atomic mass is 32.1. The summed E-state index contributed by atoms with van der Waals surface area (Å²) in [5.74, 6) is -0.448. The van der Waals surface area contributed by atoms with Crippen molar-refractivity contribution in [3.63, 3.8) is 0 Å². The number of nitrogens with one attached hydrogen (secondary N) is 1. The minimum atomic E-state index is -0.378. The molecule has 0 aliphatic carbocycles. The summed E-state index contributed by atoms with van der Waals surface area (Å²) in [6.07, 6.45) is 4.69. The molecule has 0 fully saturated rings. The summed E-state index contributed by atoms with van der Waals surface area (Å²) < 4.78 is 6.48. The molecule has 1 amide bonds. The third kappa shape index (κ3) is 4.16. The number of carbonyl (C=O) groups is 2. The normalized spacial score (nSPS) is 10.4. The highest BCUT2D eigenvalue weighted by Gasteiger charge is 2.15. The maximum absolute atomic E-state index is 11.9. The minimum Gasteiger partial charge on any atom is -0.465 e. The molecule has 2 aromatic rings. The van der Waals surface area contributed by atoms with Crippen LogP contribution >= 0.6 is 11.3 Å². The highest BCUT2D eigenvalue weighted by Crippen LogP contribution is 2.27. The number of thiophene rings is 1. The third-order valence-corrected chi connectivity index (χ3v) is 4.03. The van der Waals surface area contributed by atoms with Gasteiger partial charge in [0, 0.05) is 25.4 Å². The SMILES string of the molecule is COC(=O)c1sc(NC(=O)CCCn2cccn2)cc1C. The van der Waals surface area contributed by atoms with E-state index in [0.717, 1.165) is 5.56 Å². The summed E-state index contributed by atoms with van der Waals surface area (Å²) in [4.78, 5) is 23.9. The van der Waals surface area contributed by atoms with Gasteiger partial charge >= 0.3 is 5.97 Å². The maximum Gasteiger partial charge on any atom is 0.348 e. The number of carbonyl (C=O) groups excluding carboxylic acids is 2. The van der Waals surface area contributed by atoms with E-state index in [4.69, 9.17) is 4.74 Å². The van der Waals surface area contributed by atoms with Gasteiger partial charge in [-0.1, -0.05) is 0 Å². The standard InChI is InChI=1S/C14H17N3O3S/c1-10-9-12(21-13(10)14(19)20-2)16-11(18)5-3-7-17-8-4-6-15-17/h4,6,8-9H,3,5,7H2,1-2H3,(H,16,18). The van der Waals surface area contributed by atoms with Gasteiger partial charge in [0.2, 0.25) is 5.91 Å². The van der Waals surface area contributed by atoms with Gasteiger partial charge in [0.1, 0.15) is 4.88 Å². The average molecular weight is 307 g/mol. The maximum atomic E-state index is 11.9. The summed E-state index contributed by atoms with van der Waals surface area (Å²) >= 11 is 1.23. The van der Waals surface area contributed by atoms with E-state index in [1.165, 1.54) is 18.4 Å². The Kier molecular flexibility index (Phi) is 5.10. The van der Waals surface area contributed by atoms with Crippen LogP contribution in [0.3, 0.4) is 0 Å². The van der Waals surface area contributed by atoms with E-state index in [9.17, 15) is 9.59 Å². The van der Waals surface area contributed by atoms with Gasteiger partial charge in [-0.2, -0.15) is 5.10 Å². The van der Waals surface area contributed by atoms with Crippen molar-refractivity contribution in [3.05, 3.63) is 35.0 Å². The molecule has 112 valence electrons. The lowest BCUT2D eigenvalue weighted by Crippen LogP contribution is -2.11. The number of rotatable bonds is 6. The summed E-state index contributed by atoms with van der Waals surface area (Å²) in [6, 6.07) is 3.63. The van der Waals surface area contributed by atoms with E-state index < -0.39 is 0 Å². The highest BCUT2D eigenvalue weighted by molar-refractivity contribution is 7.18. The zero-order chi connectivity index (χ0) is 15.2. The first-order valence-electron chi connectivity index (χ1n) is 6.56. The second-order valence-electron chi connectivity index (χ2n) is 4.54. The topological polar surface area (TPSA) is 73.2 Å². The van der Waals surface area contributed by atoms with Crippen LogP contribution in [0, 0.1) is 6.92 Å². The van der Waals surface area contributed by atoms with Crippen LogP contribution in [0.15, 0.2) is 24.5 Å². The van der Waals surface area contributed by atoms with E-state index in [2.05, 4.69) is 10.4 Å². The van der Waals surface area contributed by atoms with Crippen LogP contribution in [0.4, 0.5) is 5.00 Å². The van der Waals surface area contributed by atoms with Crippen molar-refractivity contribution in [2.45, 2.75) is 26.3 Å². The van der Waals surface area contributed by atoms with E-state index in [1.54, 1.807) is 16.9 Å². The van der Waals surface area contributed by atoms with Gasteiger partial charge in [0.15, 0.2) is 0 Å². The molecule has 2 rings (SSSR count). The molecule has 0 radical (unpaired) electrons. The monoisotopic (exact) mass is 307 g/mol. The van der Waals surface area contributed by atoms with Crippen molar-refractivity contribution < 1.29 is 14.3 Å². The Balaban J connectivity index is 1.83. The molecule has 0 aliphatic heterocycles. The first-order chi connectivity index (χ1) is 10.1. The number of hydrogen-bond acceptors (Lipinski definition) is 5. The molecule has 0 bridgehead atoms. The fourth-order valence-corrected chi connectivity index (χ4v) is 2.88. The smallest absolute Gasteiger partial charge is 0.348 e. The second-order valence-corrected chi connectivity index (χ2v) is 5.59. The molecule has 0 aliphatic rings. The Hall–Kier alpha value is -2.15. The zero-order valence-electron chi connectivity index (χ0n) is 12.0. The molecule has 2 heterocycles. The lowest BCUT2D eigenvalue weighted by atomic mass is 10.3. The lowest BCUT2D eigenvalue weighted by molar-refractivity contribution is -0.116. The van der Waals surface area contributed by atoms with Crippen molar-refractivity contribution in [2.24, 2.45) is 0 Å². The lowest BCUT2D eigenvalue weighted by Gasteiger charge is -2.03. The average Bonchev–Trinajstić information content (AvgIpc) is 3.08. The van der Waals surface area contributed by atoms with Gasteiger partial charge in [-0.3, -0.25) is 9.48 Å². The number of amides is 1. The number of hydrogen-bond donors (Lipinski definition) is 1. The van der Waals surface area contributed by atoms with Crippen molar-refractivity contribution in [3.8, 4) is 0 Å². The number of esters is 1. The molecule has 7 heteroatoms. The molecule has 6 nitrogen and oxygen atoms in total. The van der Waals surface area contributed by atoms with Gasteiger partial charge in [0.05, 0.1) is 12.1 Å². The fourth-order valence-electron chi connectivity index (χ4n) is 1.87. The van der Waals surface area contributed by atoms with Crippen molar-refractivity contribution in [1.82, 2.24) is 9.78 Å². The van der Waals surface area contributed by atoms with Crippen LogP contribution in [0.2, 0.25) is 0 Å². The molecular weight excluding hydrogens is 290 g/mol. The van der Waals surface area contributed by atoms with Gasteiger partial charge in [0.25, 0.3) is 0 Å². The molecule has 0 spiro atoms. The quantitative estimate of drug-likeness (QED) is 0.832. The number of anilines is 1. The Morgan fingerprint density at radius 3 is 2.95 bits per heavy atom. The Morgan fingerprint density at radius 2 is 2.29 bits per heavy atom. The predicted molar refractivity (Wildman–Crippen MR) is 80.5 cm³/mol. The number of methoxy groups -OCH3 is 1. The Morgan fingerprint density at radius 1 is 1.48 bits per heavy atom. The molecule has 0 atom stereocenters. The van der Waals surface area contributed by atoms with E-state index in [1.807, 2.05) is 19.2 Å². The zero-order valence-corrected chi connectivity index (χ0v) is 12.8. The number of ether oxygens (including phenoxy) is 1. The predicted octanol–water partition coefficient (Wildman–Crippen LogP) is 2.46. The van der Waals surface area contributed by atoms with Crippen LogP contribution in [-0.2, 0) is 16.1 Å². The molecule has 0 saturated heterocycles. The van der Waals surface area contributed by atoms with Gasteiger partial charge < -0.3 is 10.1 Å². The minimum absolute atomic E-state index is 0.0696. The van der Waals surface area contributed by atoms with Crippen molar-refractivity contribution in [2.75, 3.05) is 12.4 Å². The van der Waals surface area contributed by atoms with Crippen molar-refractivity contribution >= 4 is 28.2 Å². The van der Waals surface area contributed by atoms with Gasteiger partial charge in [-0.05, 0) is 31.0 Å². The van der Waals surface area contributed by atoms with Crippen LogP contribution in [-0.4, -0.2) is 28.8 Å². The summed E-state index contributed by atoms with van der Waals surface area (Å²) in [5, 5.41) is 7.54. The van der Waals surface area contributed by atoms with Gasteiger partial charge in [-0.25, -0.2) is 4.79 Å². The van der Waals surface area contributed by atoms with Crippen LogP contribution < -0.4 is 5.32 Å². The molecule has 21 heavy (non-hydrogen) atoms. The molecule has 1 N–H and O–H groups in total. The fraction of sp³-hybridized carbons (Fsp3) is 0.357. The summed E-state index contributed by atoms with van der Waals surface area (Å²) in [6.45, 7) is 2.52. The summed E-state index contributed by atoms with van der Waals surface area (Å²) in [7, 11) is 1.34. The first kappa shape index (κ1) is 15.2. The Bertz CT molecular complexity index is 619. The van der Waals surface area contributed by atoms with E-state index in [-0.39, 0.29) is 11.9 Å². The molecule has 2 aromatic heterocycles. The summed E-state index contributed by atoms with van der Waals surface area (Å²) in [5.41, 5.74) is 0.804. The first-order valence-corrected chi connectivity index (χ1v) is 7.38.